The molecule has 0 aromatic carbocycles. The number of cyclic esters (lactones) is 1. The lowest BCUT2D eigenvalue weighted by atomic mass is 9.89. The van der Waals surface area contributed by atoms with E-state index in [0.29, 0.717) is 6.42 Å². The van der Waals surface area contributed by atoms with Crippen LogP contribution in [0, 0.1) is 5.92 Å². The first-order valence-electron chi connectivity index (χ1n) is 12.1. The molecule has 3 atom stereocenters. The van der Waals surface area contributed by atoms with E-state index in [1.54, 1.807) is 0 Å². The summed E-state index contributed by atoms with van der Waals surface area (Å²) < 4.78 is 5.14. The van der Waals surface area contributed by atoms with Crippen LogP contribution in [0.3, 0.4) is 0 Å². The second-order valence-corrected chi connectivity index (χ2v) is 8.62. The maximum Gasteiger partial charge on any atom is 0.313 e. The molecule has 1 aliphatic heterocycles. The summed E-state index contributed by atoms with van der Waals surface area (Å²) in [6.07, 6.45) is 22.4. The molecule has 1 aliphatic rings. The quantitative estimate of drug-likeness (QED) is 0.194. The van der Waals surface area contributed by atoms with Gasteiger partial charge in [-0.1, -0.05) is 110 Å². The SMILES string of the molecule is CCCCCCCCCCCCCCCCC[C@H](O)C[C@@H]1OC(=O)[C@H]1CC. The summed E-state index contributed by atoms with van der Waals surface area (Å²) in [4.78, 5) is 11.3. The molecule has 0 bridgehead atoms. The molecule has 0 aliphatic carbocycles. The summed E-state index contributed by atoms with van der Waals surface area (Å²) in [7, 11) is 0. The van der Waals surface area contributed by atoms with Crippen LogP contribution >= 0.6 is 0 Å². The van der Waals surface area contributed by atoms with Crippen LogP contribution in [0.5, 0.6) is 0 Å². The van der Waals surface area contributed by atoms with Crippen molar-refractivity contribution in [3.63, 3.8) is 0 Å². The fourth-order valence-electron chi connectivity index (χ4n) is 4.18. The number of esters is 1. The summed E-state index contributed by atoms with van der Waals surface area (Å²) in [5.41, 5.74) is 0. The first kappa shape index (κ1) is 24.5. The van der Waals surface area contributed by atoms with Crippen LogP contribution in [-0.4, -0.2) is 23.3 Å². The van der Waals surface area contributed by atoms with Crippen LogP contribution in [0.4, 0.5) is 0 Å². The number of carbonyl (C=O) groups is 1. The molecule has 0 amide bonds. The van der Waals surface area contributed by atoms with Gasteiger partial charge in [0.1, 0.15) is 6.10 Å². The molecule has 1 saturated heterocycles. The first-order chi connectivity index (χ1) is 13.2. The van der Waals surface area contributed by atoms with Crippen molar-refractivity contribution in [2.75, 3.05) is 0 Å². The molecule has 1 N–H and O–H groups in total. The highest BCUT2D eigenvalue weighted by Gasteiger charge is 2.41. The Hall–Kier alpha value is -0.570. The largest absolute Gasteiger partial charge is 0.461 e. The third-order valence-electron chi connectivity index (χ3n) is 6.10. The molecule has 160 valence electrons. The summed E-state index contributed by atoms with van der Waals surface area (Å²) in [5.74, 6) is -0.0534. The molecule has 3 nitrogen and oxygen atoms in total. The molecule has 0 saturated carbocycles. The number of ether oxygens (including phenoxy) is 1. The Kier molecular flexibility index (Phi) is 14.9. The van der Waals surface area contributed by atoms with Gasteiger partial charge in [0.25, 0.3) is 0 Å². The Morgan fingerprint density at radius 2 is 1.22 bits per heavy atom. The van der Waals surface area contributed by atoms with Crippen LogP contribution in [0.2, 0.25) is 0 Å². The van der Waals surface area contributed by atoms with Crippen molar-refractivity contribution in [3.05, 3.63) is 0 Å². The maximum atomic E-state index is 11.3. The minimum absolute atomic E-state index is 0.0284. The zero-order valence-corrected chi connectivity index (χ0v) is 18.2. The first-order valence-corrected chi connectivity index (χ1v) is 12.1. The van der Waals surface area contributed by atoms with Gasteiger partial charge in [-0.05, 0) is 12.8 Å². The van der Waals surface area contributed by atoms with Gasteiger partial charge in [-0.3, -0.25) is 4.79 Å². The number of hydrogen-bond donors (Lipinski definition) is 1. The fraction of sp³-hybridized carbons (Fsp3) is 0.958. The minimum atomic E-state index is -0.306. The number of rotatable bonds is 19. The molecule has 27 heavy (non-hydrogen) atoms. The highest BCUT2D eigenvalue weighted by molar-refractivity contribution is 5.78. The molecule has 0 unspecified atom stereocenters. The van der Waals surface area contributed by atoms with E-state index in [1.165, 1.54) is 89.9 Å². The molecule has 1 rings (SSSR count). The van der Waals surface area contributed by atoms with Crippen molar-refractivity contribution in [1.29, 1.82) is 0 Å². The summed E-state index contributed by atoms with van der Waals surface area (Å²) in [6, 6.07) is 0. The Bertz CT molecular complexity index is 356. The second-order valence-electron chi connectivity index (χ2n) is 8.62. The lowest BCUT2D eigenvalue weighted by Crippen LogP contribution is -2.46. The van der Waals surface area contributed by atoms with Crippen molar-refractivity contribution in [2.24, 2.45) is 5.92 Å². The molecule has 0 aromatic heterocycles. The van der Waals surface area contributed by atoms with E-state index in [9.17, 15) is 9.90 Å². The van der Waals surface area contributed by atoms with Gasteiger partial charge < -0.3 is 9.84 Å². The predicted octanol–water partition coefficient (Wildman–Crippen LogP) is 6.95. The second kappa shape index (κ2) is 16.4. The van der Waals surface area contributed by atoms with Crippen molar-refractivity contribution in [3.8, 4) is 0 Å². The van der Waals surface area contributed by atoms with Crippen LogP contribution in [0.25, 0.3) is 0 Å². The van der Waals surface area contributed by atoms with Gasteiger partial charge in [0, 0.05) is 6.42 Å². The van der Waals surface area contributed by atoms with Gasteiger partial charge in [-0.2, -0.15) is 0 Å². The number of hydrogen-bond acceptors (Lipinski definition) is 3. The molecule has 1 fully saturated rings. The zero-order chi connectivity index (χ0) is 19.7. The monoisotopic (exact) mass is 382 g/mol. The van der Waals surface area contributed by atoms with Crippen LogP contribution < -0.4 is 0 Å². The van der Waals surface area contributed by atoms with E-state index in [4.69, 9.17) is 4.74 Å². The average molecular weight is 383 g/mol. The van der Waals surface area contributed by atoms with Gasteiger partial charge in [-0.25, -0.2) is 0 Å². The summed E-state index contributed by atoms with van der Waals surface area (Å²) >= 11 is 0. The average Bonchev–Trinajstić information content (AvgIpc) is 2.64. The van der Waals surface area contributed by atoms with E-state index < -0.39 is 0 Å². The molecule has 3 heteroatoms. The lowest BCUT2D eigenvalue weighted by molar-refractivity contribution is -0.188. The molecule has 0 radical (unpaired) electrons. The number of carbonyl (C=O) groups excluding carboxylic acids is 1. The van der Waals surface area contributed by atoms with E-state index in [1.807, 2.05) is 6.92 Å². The number of aliphatic hydroxyl groups excluding tert-OH is 1. The normalized spacial score (nSPS) is 20.3. The lowest BCUT2D eigenvalue weighted by Gasteiger charge is -2.35. The van der Waals surface area contributed by atoms with E-state index in [2.05, 4.69) is 6.92 Å². The number of aliphatic hydroxyl groups is 1. The molecule has 0 aromatic rings. The van der Waals surface area contributed by atoms with E-state index >= 15 is 0 Å². The molecule has 0 spiro atoms. The Balaban J connectivity index is 1.77. The standard InChI is InChI=1S/C24H46O3/c1-3-5-6-7-8-9-10-11-12-13-14-15-16-17-18-19-21(25)20-23-22(4-2)24(26)27-23/h21-23,25H,3-20H2,1-2H3/t21-,22-,23-/m0/s1. The summed E-state index contributed by atoms with van der Waals surface area (Å²) in [5, 5.41) is 10.1. The van der Waals surface area contributed by atoms with Crippen LogP contribution in [-0.2, 0) is 9.53 Å². The van der Waals surface area contributed by atoms with Gasteiger partial charge in [0.15, 0.2) is 0 Å². The topological polar surface area (TPSA) is 46.5 Å². The van der Waals surface area contributed by atoms with Crippen molar-refractivity contribution < 1.29 is 14.6 Å². The van der Waals surface area contributed by atoms with Crippen LogP contribution in [0.15, 0.2) is 0 Å². The molecule has 1 heterocycles. The van der Waals surface area contributed by atoms with Gasteiger partial charge in [0.2, 0.25) is 0 Å². The molecular weight excluding hydrogens is 336 g/mol. The molecular formula is C24H46O3. The third kappa shape index (κ3) is 11.8. The van der Waals surface area contributed by atoms with Crippen molar-refractivity contribution in [1.82, 2.24) is 0 Å². The highest BCUT2D eigenvalue weighted by Crippen LogP contribution is 2.29. The highest BCUT2D eigenvalue weighted by atomic mass is 16.6. The Morgan fingerprint density at radius 1 is 0.778 bits per heavy atom. The third-order valence-corrected chi connectivity index (χ3v) is 6.10. The summed E-state index contributed by atoms with van der Waals surface area (Å²) in [6.45, 7) is 4.29. The minimum Gasteiger partial charge on any atom is -0.461 e. The predicted molar refractivity (Wildman–Crippen MR) is 114 cm³/mol. The zero-order valence-electron chi connectivity index (χ0n) is 18.2. The Morgan fingerprint density at radius 3 is 1.63 bits per heavy atom. The number of unbranched alkanes of at least 4 members (excludes halogenated alkanes) is 14. The van der Waals surface area contributed by atoms with Gasteiger partial charge >= 0.3 is 5.97 Å². The Labute approximate surface area is 168 Å². The van der Waals surface area contributed by atoms with Gasteiger partial charge in [-0.15, -0.1) is 0 Å². The smallest absolute Gasteiger partial charge is 0.313 e. The van der Waals surface area contributed by atoms with Crippen LogP contribution in [0.1, 0.15) is 129 Å². The van der Waals surface area contributed by atoms with Gasteiger partial charge in [0.05, 0.1) is 12.0 Å². The van der Waals surface area contributed by atoms with E-state index in [-0.39, 0.29) is 24.1 Å². The fourth-order valence-corrected chi connectivity index (χ4v) is 4.18. The van der Waals surface area contributed by atoms with E-state index in [0.717, 1.165) is 19.3 Å². The van der Waals surface area contributed by atoms with Crippen molar-refractivity contribution in [2.45, 2.75) is 142 Å². The van der Waals surface area contributed by atoms with Crippen molar-refractivity contribution >= 4 is 5.97 Å². The maximum absolute atomic E-state index is 11.3.